The summed E-state index contributed by atoms with van der Waals surface area (Å²) in [6.07, 6.45) is 6.45. The number of nitrogens with one attached hydrogen (secondary N) is 2. The van der Waals surface area contributed by atoms with E-state index in [1.54, 1.807) is 26.6 Å². The summed E-state index contributed by atoms with van der Waals surface area (Å²) < 4.78 is 18.6. The van der Waals surface area contributed by atoms with Crippen molar-refractivity contribution in [3.8, 4) is 5.75 Å². The molecule has 10 heteroatoms. The van der Waals surface area contributed by atoms with Crippen LogP contribution in [0.3, 0.4) is 0 Å². The zero-order valence-corrected chi connectivity index (χ0v) is 25.5. The van der Waals surface area contributed by atoms with Gasteiger partial charge in [0.15, 0.2) is 5.82 Å². The molecule has 0 radical (unpaired) electrons. The Morgan fingerprint density at radius 1 is 0.975 bits per heavy atom. The fraction of sp³-hybridized carbons (Fsp3) is 0.467. The number of anilines is 4. The summed E-state index contributed by atoms with van der Waals surface area (Å²) in [6, 6.07) is 14.6. The zero-order chi connectivity index (χ0) is 28.3. The zero-order valence-electron chi connectivity index (χ0n) is 23.9. The topological polar surface area (TPSA) is 82.6 Å². The average Bonchev–Trinajstić information content (AvgIpc) is 2.95. The molecule has 5 rings (SSSR count). The largest absolute Gasteiger partial charge is 0.495 e. The Kier molecular flexibility index (Phi) is 9.01. The molecule has 0 aliphatic carbocycles. The highest BCUT2D eigenvalue weighted by Crippen LogP contribution is 2.39. The quantitative estimate of drug-likeness (QED) is 0.306. The molecule has 2 fully saturated rings. The molecule has 2 N–H and O–H groups in total. The van der Waals surface area contributed by atoms with Crippen LogP contribution >= 0.6 is 18.7 Å². The first kappa shape index (κ1) is 28.9. The van der Waals surface area contributed by atoms with Gasteiger partial charge in [-0.15, -0.1) is 0 Å². The number of piperidine rings is 2. The molecule has 214 valence electrons. The first-order valence-electron chi connectivity index (χ1n) is 14.0. The summed E-state index contributed by atoms with van der Waals surface area (Å²) in [4.78, 5) is 14.1. The molecular formula is C30H40ClN6O2P. The molecule has 40 heavy (non-hydrogen) atoms. The lowest BCUT2D eigenvalue weighted by atomic mass is 9.87. The Morgan fingerprint density at radius 2 is 1.70 bits per heavy atom. The first-order valence-corrected chi connectivity index (χ1v) is 17.0. The number of aromatic nitrogens is 2. The summed E-state index contributed by atoms with van der Waals surface area (Å²) in [5, 5.41) is 7.66. The van der Waals surface area contributed by atoms with Crippen molar-refractivity contribution in [1.29, 1.82) is 0 Å². The SMILES string of the molecule is COc1cc(C2CCN(C3CCN(C)CC3)CC2)ccc1Nc1ncc(Cl)c(Nc2ccccc2P(C)(C)=O)n1. The van der Waals surface area contributed by atoms with Gasteiger partial charge in [0.1, 0.15) is 17.9 Å². The highest BCUT2D eigenvalue weighted by atomic mass is 35.5. The van der Waals surface area contributed by atoms with Gasteiger partial charge in [-0.05, 0) is 108 Å². The van der Waals surface area contributed by atoms with Crippen molar-refractivity contribution in [3.63, 3.8) is 0 Å². The molecule has 0 unspecified atom stereocenters. The molecule has 0 bridgehead atoms. The van der Waals surface area contributed by atoms with E-state index in [1.165, 1.54) is 44.3 Å². The molecule has 2 aliphatic heterocycles. The second-order valence-corrected chi connectivity index (χ2v) is 14.9. The molecule has 3 aromatic rings. The minimum Gasteiger partial charge on any atom is -0.495 e. The van der Waals surface area contributed by atoms with Crippen LogP contribution in [-0.4, -0.2) is 79.5 Å². The lowest BCUT2D eigenvalue weighted by Crippen LogP contribution is -2.46. The number of para-hydroxylation sites is 1. The molecule has 0 spiro atoms. The minimum atomic E-state index is -2.50. The van der Waals surface area contributed by atoms with Crippen LogP contribution in [0.2, 0.25) is 5.02 Å². The van der Waals surface area contributed by atoms with Crippen LogP contribution < -0.4 is 20.7 Å². The van der Waals surface area contributed by atoms with Crippen molar-refractivity contribution in [1.82, 2.24) is 19.8 Å². The van der Waals surface area contributed by atoms with Gasteiger partial charge in [0.2, 0.25) is 5.95 Å². The second kappa shape index (κ2) is 12.5. The maximum absolute atomic E-state index is 12.8. The average molecular weight is 583 g/mol. The van der Waals surface area contributed by atoms with Gasteiger partial charge >= 0.3 is 0 Å². The van der Waals surface area contributed by atoms with Crippen LogP contribution in [0.15, 0.2) is 48.7 Å². The molecular weight excluding hydrogens is 543 g/mol. The molecule has 0 atom stereocenters. The standard InChI is InChI=1S/C30H40ClN6O2P/c1-36-15-13-23(14-16-36)37-17-11-21(12-18-37)22-9-10-25(27(19-22)39-2)34-30-32-20-24(31)29(35-30)33-26-7-5-6-8-28(26)40(3,4)38/h5-10,19-21,23H,11-18H2,1-4H3,(H2,32,33,34,35). The highest BCUT2D eigenvalue weighted by molar-refractivity contribution is 7.70. The normalized spacial score (nSPS) is 18.0. The summed E-state index contributed by atoms with van der Waals surface area (Å²) in [5.74, 6) is 2.11. The van der Waals surface area contributed by atoms with Crippen LogP contribution in [0.5, 0.6) is 5.75 Å². The van der Waals surface area contributed by atoms with Crippen LogP contribution in [0, 0.1) is 0 Å². The smallest absolute Gasteiger partial charge is 0.229 e. The van der Waals surface area contributed by atoms with Crippen molar-refractivity contribution in [3.05, 3.63) is 59.2 Å². The lowest BCUT2D eigenvalue weighted by Gasteiger charge is -2.41. The van der Waals surface area contributed by atoms with Crippen LogP contribution in [0.4, 0.5) is 23.1 Å². The van der Waals surface area contributed by atoms with Gasteiger partial charge in [0.05, 0.1) is 24.7 Å². The molecule has 2 saturated heterocycles. The molecule has 0 saturated carbocycles. The monoisotopic (exact) mass is 582 g/mol. The molecule has 1 aromatic heterocycles. The third-order valence-corrected chi connectivity index (χ3v) is 9.99. The van der Waals surface area contributed by atoms with Crippen LogP contribution in [0.25, 0.3) is 0 Å². The minimum absolute atomic E-state index is 0.372. The Balaban J connectivity index is 1.27. The van der Waals surface area contributed by atoms with E-state index in [1.807, 2.05) is 30.3 Å². The van der Waals surface area contributed by atoms with E-state index >= 15 is 0 Å². The predicted molar refractivity (Wildman–Crippen MR) is 166 cm³/mol. The van der Waals surface area contributed by atoms with Crippen LogP contribution in [-0.2, 0) is 4.57 Å². The lowest BCUT2D eigenvalue weighted by molar-refractivity contribution is 0.0966. The Bertz CT molecular complexity index is 1370. The Hall–Kier alpha value is -2.64. The van der Waals surface area contributed by atoms with E-state index in [4.69, 9.17) is 16.3 Å². The van der Waals surface area contributed by atoms with E-state index in [0.717, 1.165) is 35.9 Å². The Labute approximate surface area is 242 Å². The molecule has 3 heterocycles. The van der Waals surface area contributed by atoms with Gasteiger partial charge in [-0.25, -0.2) is 4.98 Å². The third-order valence-electron chi connectivity index (χ3n) is 8.16. The fourth-order valence-corrected chi connectivity index (χ4v) is 7.13. The molecule has 0 amide bonds. The highest BCUT2D eigenvalue weighted by Gasteiger charge is 2.28. The number of hydrogen-bond acceptors (Lipinski definition) is 8. The predicted octanol–water partition coefficient (Wildman–Crippen LogP) is 6.15. The van der Waals surface area contributed by atoms with Crippen molar-refractivity contribution >= 4 is 47.2 Å². The van der Waals surface area contributed by atoms with E-state index < -0.39 is 7.14 Å². The number of halogens is 1. The van der Waals surface area contributed by atoms with Crippen molar-refractivity contribution < 1.29 is 9.30 Å². The van der Waals surface area contributed by atoms with E-state index in [-0.39, 0.29) is 0 Å². The van der Waals surface area contributed by atoms with E-state index in [2.05, 4.69) is 49.6 Å². The number of benzene rings is 2. The van der Waals surface area contributed by atoms with Gasteiger partial charge in [-0.2, -0.15) is 4.98 Å². The van der Waals surface area contributed by atoms with Crippen LogP contribution in [0.1, 0.15) is 37.2 Å². The maximum atomic E-state index is 12.8. The maximum Gasteiger partial charge on any atom is 0.229 e. The van der Waals surface area contributed by atoms with Gasteiger partial charge in [-0.1, -0.05) is 29.8 Å². The van der Waals surface area contributed by atoms with Crippen molar-refractivity contribution in [2.24, 2.45) is 0 Å². The third kappa shape index (κ3) is 6.80. The Morgan fingerprint density at radius 3 is 2.40 bits per heavy atom. The number of likely N-dealkylation sites (tertiary alicyclic amines) is 2. The van der Waals surface area contributed by atoms with Crippen molar-refractivity contribution in [2.45, 2.75) is 37.6 Å². The van der Waals surface area contributed by atoms with E-state index in [9.17, 15) is 4.57 Å². The summed E-state index contributed by atoms with van der Waals surface area (Å²) in [6.45, 7) is 8.22. The molecule has 2 aliphatic rings. The fourth-order valence-electron chi connectivity index (χ4n) is 5.84. The second-order valence-electron chi connectivity index (χ2n) is 11.3. The van der Waals surface area contributed by atoms with Gasteiger partial charge in [0.25, 0.3) is 0 Å². The van der Waals surface area contributed by atoms with Gasteiger partial charge in [-0.3, -0.25) is 0 Å². The summed E-state index contributed by atoms with van der Waals surface area (Å²) in [7, 11) is 1.41. The van der Waals surface area contributed by atoms with Gasteiger partial charge in [0, 0.05) is 11.3 Å². The number of methoxy groups -OCH3 is 1. The summed E-state index contributed by atoms with van der Waals surface area (Å²) >= 11 is 6.43. The first-order chi connectivity index (χ1) is 19.2. The van der Waals surface area contributed by atoms with E-state index in [0.29, 0.717) is 28.4 Å². The number of nitrogens with zero attached hydrogens (tertiary/aromatic N) is 4. The number of ether oxygens (including phenoxy) is 1. The van der Waals surface area contributed by atoms with Crippen molar-refractivity contribution in [2.75, 3.05) is 64.3 Å². The van der Waals surface area contributed by atoms with Gasteiger partial charge < -0.3 is 29.7 Å². The molecule has 2 aromatic carbocycles. The summed E-state index contributed by atoms with van der Waals surface area (Å²) in [5.41, 5.74) is 2.81. The molecule has 8 nitrogen and oxygen atoms in total. The number of hydrogen-bond donors (Lipinski definition) is 2. The number of rotatable bonds is 8.